The van der Waals surface area contributed by atoms with Crippen LogP contribution >= 0.6 is 0 Å². The van der Waals surface area contributed by atoms with Crippen LogP contribution in [0.5, 0.6) is 0 Å². The summed E-state index contributed by atoms with van der Waals surface area (Å²) >= 11 is 0. The van der Waals surface area contributed by atoms with Crippen LogP contribution < -0.4 is 0 Å². The zero-order valence-electron chi connectivity index (χ0n) is 6.72. The highest BCUT2D eigenvalue weighted by molar-refractivity contribution is 6.08. The average molecular weight is 132 g/mol. The summed E-state index contributed by atoms with van der Waals surface area (Å²) in [6.45, 7) is 2.20. The molecule has 0 nitrogen and oxygen atoms in total. The third-order valence-electron chi connectivity index (χ3n) is 1.88. The Morgan fingerprint density at radius 1 is 1.20 bits per heavy atom. The van der Waals surface area contributed by atoms with Crippen LogP contribution in [-0.2, 0) is 12.7 Å². The van der Waals surface area contributed by atoms with Crippen LogP contribution in [0.1, 0.15) is 18.1 Å². The molecule has 0 unspecified atom stereocenters. The minimum atomic E-state index is 1.16. The second-order valence-corrected chi connectivity index (χ2v) is 2.48. The van der Waals surface area contributed by atoms with Crippen LogP contribution in [-0.4, -0.2) is 7.85 Å². The van der Waals surface area contributed by atoms with Crippen LogP contribution in [0, 0.1) is 0 Å². The number of hydrogen-bond donors (Lipinski definition) is 0. The molecule has 52 valence electrons. The van der Waals surface area contributed by atoms with Crippen molar-refractivity contribution in [3.8, 4) is 0 Å². The summed E-state index contributed by atoms with van der Waals surface area (Å²) in [5, 5.41) is 0. The largest absolute Gasteiger partial charge is 0.107 e. The Hall–Kier alpha value is -0.715. The summed E-state index contributed by atoms with van der Waals surface area (Å²) in [4.78, 5) is 0. The fourth-order valence-electron chi connectivity index (χ4n) is 1.25. The van der Waals surface area contributed by atoms with Gasteiger partial charge in [-0.3, -0.25) is 0 Å². The van der Waals surface area contributed by atoms with Crippen molar-refractivity contribution < 1.29 is 0 Å². The molecule has 1 aromatic carbocycles. The first-order chi connectivity index (χ1) is 4.88. The van der Waals surface area contributed by atoms with Gasteiger partial charge in [0.25, 0.3) is 0 Å². The molecule has 1 rings (SSSR count). The Morgan fingerprint density at radius 3 is 2.20 bits per heavy atom. The highest BCUT2D eigenvalue weighted by Gasteiger charge is 1.93. The Balaban J connectivity index is 2.96. The highest BCUT2D eigenvalue weighted by Crippen LogP contribution is 2.07. The lowest BCUT2D eigenvalue weighted by molar-refractivity contribution is 1.10. The predicted octanol–water partition coefficient (Wildman–Crippen LogP) is 1.38. The summed E-state index contributed by atoms with van der Waals surface area (Å²) in [5.41, 5.74) is 2.98. The number of aryl methyl sites for hydroxylation is 1. The third kappa shape index (κ3) is 1.41. The second-order valence-electron chi connectivity index (χ2n) is 2.48. The molecule has 1 heteroatoms. The first-order valence-electron chi connectivity index (χ1n) is 3.95. The van der Waals surface area contributed by atoms with E-state index in [0.717, 1.165) is 12.7 Å². The van der Waals surface area contributed by atoms with E-state index in [1.165, 1.54) is 11.1 Å². The maximum atomic E-state index is 2.21. The van der Waals surface area contributed by atoms with Gasteiger partial charge in [-0.25, -0.2) is 0 Å². The van der Waals surface area contributed by atoms with Gasteiger partial charge in [0.05, 0.1) is 0 Å². The minimum Gasteiger partial charge on any atom is -0.0620 e. The predicted molar refractivity (Wildman–Crippen MR) is 48.1 cm³/mol. The quantitative estimate of drug-likeness (QED) is 0.533. The van der Waals surface area contributed by atoms with Crippen molar-refractivity contribution in [3.63, 3.8) is 0 Å². The molecular formula is C9H13B. The van der Waals surface area contributed by atoms with Crippen LogP contribution in [0.4, 0.5) is 0 Å². The molecule has 0 atom stereocenters. The molecule has 0 aromatic heterocycles. The van der Waals surface area contributed by atoms with E-state index in [-0.39, 0.29) is 0 Å². The maximum Gasteiger partial charge on any atom is 0.107 e. The van der Waals surface area contributed by atoms with E-state index in [0.29, 0.717) is 0 Å². The SMILES string of the molecule is BCc1ccccc1CC. The summed E-state index contributed by atoms with van der Waals surface area (Å²) in [6, 6.07) is 8.63. The van der Waals surface area contributed by atoms with Crippen LogP contribution in [0.2, 0.25) is 0 Å². The highest BCUT2D eigenvalue weighted by atomic mass is 14.0. The fourth-order valence-corrected chi connectivity index (χ4v) is 1.25. The molecule has 0 aliphatic carbocycles. The molecule has 0 N–H and O–H groups in total. The molecule has 0 aliphatic rings. The smallest absolute Gasteiger partial charge is 0.0620 e. The molecule has 0 spiro atoms. The van der Waals surface area contributed by atoms with Gasteiger partial charge in [0, 0.05) is 0 Å². The molecule has 0 saturated carbocycles. The molecule has 0 radical (unpaired) electrons. The van der Waals surface area contributed by atoms with E-state index >= 15 is 0 Å². The topological polar surface area (TPSA) is 0 Å². The zero-order chi connectivity index (χ0) is 7.40. The molecule has 0 aliphatic heterocycles. The van der Waals surface area contributed by atoms with Crippen LogP contribution in [0.3, 0.4) is 0 Å². The first kappa shape index (κ1) is 7.39. The standard InChI is InChI=1S/C9H13B/c1-2-8-5-3-4-6-9(8)7-10/h3-6H,2,7,10H2,1H3. The van der Waals surface area contributed by atoms with Crippen LogP contribution in [0.25, 0.3) is 0 Å². The molecule has 0 amide bonds. The molecule has 10 heavy (non-hydrogen) atoms. The van der Waals surface area contributed by atoms with E-state index in [1.807, 2.05) is 0 Å². The number of hydrogen-bond acceptors (Lipinski definition) is 0. The van der Waals surface area contributed by atoms with Gasteiger partial charge < -0.3 is 0 Å². The van der Waals surface area contributed by atoms with E-state index in [9.17, 15) is 0 Å². The van der Waals surface area contributed by atoms with Gasteiger partial charge in [-0.15, -0.1) is 0 Å². The van der Waals surface area contributed by atoms with Gasteiger partial charge in [-0.2, -0.15) is 0 Å². The summed E-state index contributed by atoms with van der Waals surface area (Å²) in [5.74, 6) is 0. The van der Waals surface area contributed by atoms with E-state index in [4.69, 9.17) is 0 Å². The molecule has 1 aromatic rings. The normalized spacial score (nSPS) is 9.70. The van der Waals surface area contributed by atoms with Gasteiger partial charge in [0.2, 0.25) is 0 Å². The molecule has 0 saturated heterocycles. The number of rotatable bonds is 2. The van der Waals surface area contributed by atoms with Gasteiger partial charge in [0.15, 0.2) is 0 Å². The molecule has 0 heterocycles. The van der Waals surface area contributed by atoms with Crippen molar-refractivity contribution in [2.45, 2.75) is 19.7 Å². The van der Waals surface area contributed by atoms with E-state index in [1.54, 1.807) is 0 Å². The van der Waals surface area contributed by atoms with Crippen molar-refractivity contribution in [1.82, 2.24) is 0 Å². The summed E-state index contributed by atoms with van der Waals surface area (Å²) in [7, 11) is 2.20. The maximum absolute atomic E-state index is 2.21. The molecule has 0 fully saturated rings. The first-order valence-corrected chi connectivity index (χ1v) is 3.95. The molecule has 0 bridgehead atoms. The summed E-state index contributed by atoms with van der Waals surface area (Å²) in [6.07, 6.45) is 2.31. The minimum absolute atomic E-state index is 1.16. The third-order valence-corrected chi connectivity index (χ3v) is 1.88. The van der Waals surface area contributed by atoms with Gasteiger partial charge in [0.1, 0.15) is 7.85 Å². The number of benzene rings is 1. The van der Waals surface area contributed by atoms with Crippen molar-refractivity contribution >= 4 is 7.85 Å². The van der Waals surface area contributed by atoms with Gasteiger partial charge in [-0.05, 0) is 12.0 Å². The fraction of sp³-hybridized carbons (Fsp3) is 0.333. The van der Waals surface area contributed by atoms with Gasteiger partial charge in [-0.1, -0.05) is 43.1 Å². The summed E-state index contributed by atoms with van der Waals surface area (Å²) < 4.78 is 0. The van der Waals surface area contributed by atoms with E-state index < -0.39 is 0 Å². The van der Waals surface area contributed by atoms with Gasteiger partial charge >= 0.3 is 0 Å². The van der Waals surface area contributed by atoms with E-state index in [2.05, 4.69) is 39.0 Å². The second kappa shape index (κ2) is 3.45. The Kier molecular flexibility index (Phi) is 2.55. The van der Waals surface area contributed by atoms with Crippen LogP contribution in [0.15, 0.2) is 24.3 Å². The Morgan fingerprint density at radius 2 is 1.80 bits per heavy atom. The zero-order valence-corrected chi connectivity index (χ0v) is 6.72. The Labute approximate surface area is 63.7 Å². The lowest BCUT2D eigenvalue weighted by Gasteiger charge is -2.02. The lowest BCUT2D eigenvalue weighted by Crippen LogP contribution is -1.90. The monoisotopic (exact) mass is 132 g/mol. The van der Waals surface area contributed by atoms with Crippen molar-refractivity contribution in [1.29, 1.82) is 0 Å². The van der Waals surface area contributed by atoms with Crippen molar-refractivity contribution in [3.05, 3.63) is 35.4 Å². The average Bonchev–Trinajstić information content (AvgIpc) is 2.04. The lowest BCUT2D eigenvalue weighted by atomic mass is 9.92. The molecular weight excluding hydrogens is 119 g/mol. The van der Waals surface area contributed by atoms with Crippen molar-refractivity contribution in [2.75, 3.05) is 0 Å². The van der Waals surface area contributed by atoms with Crippen molar-refractivity contribution in [2.24, 2.45) is 0 Å². The Bertz CT molecular complexity index is 183.